The average Bonchev–Trinajstić information content (AvgIpc) is 3.56. The fourth-order valence-electron chi connectivity index (χ4n) is 3.23. The normalized spacial score (nSPS) is 16.2. The molecule has 0 spiro atoms. The monoisotopic (exact) mass is 455 g/mol. The number of amides is 1. The second kappa shape index (κ2) is 8.58. The highest BCUT2D eigenvalue weighted by Gasteiger charge is 2.35. The Morgan fingerprint density at radius 1 is 1.23 bits per heavy atom. The minimum Gasteiger partial charge on any atom is -0.467 e. The van der Waals surface area contributed by atoms with Gasteiger partial charge in [-0.05, 0) is 35.0 Å². The van der Waals surface area contributed by atoms with Crippen molar-refractivity contribution in [3.63, 3.8) is 0 Å². The zero-order valence-corrected chi connectivity index (χ0v) is 18.2. The van der Waals surface area contributed by atoms with E-state index in [9.17, 15) is 4.79 Å². The number of nitrogens with zero attached hydrogens (tertiary/aromatic N) is 4. The maximum atomic E-state index is 13.0. The first-order valence-electron chi connectivity index (χ1n) is 9.29. The van der Waals surface area contributed by atoms with Crippen molar-refractivity contribution in [2.24, 2.45) is 5.10 Å². The van der Waals surface area contributed by atoms with Crippen LogP contribution in [0.15, 0.2) is 68.1 Å². The van der Waals surface area contributed by atoms with Gasteiger partial charge in [-0.3, -0.25) is 9.89 Å². The van der Waals surface area contributed by atoms with Crippen LogP contribution in [0, 0.1) is 0 Å². The van der Waals surface area contributed by atoms with Crippen LogP contribution in [0.4, 0.5) is 0 Å². The highest BCUT2D eigenvalue weighted by atomic mass is 32.2. The van der Waals surface area contributed by atoms with Crippen LogP contribution in [-0.4, -0.2) is 37.6 Å². The summed E-state index contributed by atoms with van der Waals surface area (Å²) in [6, 6.07) is 11.6. The lowest BCUT2D eigenvalue weighted by atomic mass is 10.1. The molecule has 0 fully saturated rings. The first-order chi connectivity index (χ1) is 14.8. The Balaban J connectivity index is 1.27. The Hall–Kier alpha value is -2.69. The molecule has 1 aliphatic rings. The van der Waals surface area contributed by atoms with Crippen LogP contribution in [0.25, 0.3) is 0 Å². The number of carbonyl (C=O) groups is 1. The number of nitrogens with one attached hydrogen (secondary N) is 1. The van der Waals surface area contributed by atoms with Crippen molar-refractivity contribution < 1.29 is 9.21 Å². The van der Waals surface area contributed by atoms with E-state index in [4.69, 9.17) is 4.42 Å². The number of hydrogen-bond donors (Lipinski definition) is 1. The highest BCUT2D eigenvalue weighted by Crippen LogP contribution is 2.34. The van der Waals surface area contributed by atoms with Gasteiger partial charge in [0.15, 0.2) is 0 Å². The number of hydrogen-bond acceptors (Lipinski definition) is 8. The van der Waals surface area contributed by atoms with Crippen molar-refractivity contribution in [1.29, 1.82) is 0 Å². The van der Waals surface area contributed by atoms with E-state index in [2.05, 4.69) is 26.3 Å². The molecule has 0 saturated carbocycles. The van der Waals surface area contributed by atoms with Crippen molar-refractivity contribution in [2.75, 3.05) is 5.75 Å². The van der Waals surface area contributed by atoms with Crippen molar-refractivity contribution in [2.45, 2.75) is 24.0 Å². The van der Waals surface area contributed by atoms with Gasteiger partial charge in [-0.1, -0.05) is 23.9 Å². The number of hydrazone groups is 1. The molecule has 4 aromatic rings. The van der Waals surface area contributed by atoms with Gasteiger partial charge in [0, 0.05) is 17.7 Å². The van der Waals surface area contributed by atoms with E-state index in [1.165, 1.54) is 16.6 Å². The molecular formula is C20H17N5O2S3. The van der Waals surface area contributed by atoms with Gasteiger partial charge >= 0.3 is 0 Å². The first-order valence-corrected chi connectivity index (χ1v) is 12.0. The first kappa shape index (κ1) is 19.3. The zero-order chi connectivity index (χ0) is 20.3. The Labute approximate surface area is 184 Å². The molecule has 0 aliphatic carbocycles. The molecule has 10 heteroatoms. The highest BCUT2D eigenvalue weighted by molar-refractivity contribution is 7.99. The summed E-state index contributed by atoms with van der Waals surface area (Å²) in [6.07, 6.45) is 2.97. The fourth-order valence-corrected chi connectivity index (χ4v) is 5.33. The van der Waals surface area contributed by atoms with Gasteiger partial charge in [0.05, 0.1) is 22.6 Å². The van der Waals surface area contributed by atoms with Crippen molar-refractivity contribution in [1.82, 2.24) is 20.2 Å². The number of aromatic nitrogens is 3. The molecule has 7 nitrogen and oxygen atoms in total. The Morgan fingerprint density at radius 2 is 2.13 bits per heavy atom. The summed E-state index contributed by atoms with van der Waals surface area (Å²) in [5.74, 6) is 1.63. The molecule has 1 N–H and O–H groups in total. The predicted molar refractivity (Wildman–Crippen MR) is 118 cm³/mol. The van der Waals surface area contributed by atoms with Gasteiger partial charge in [-0.15, -0.1) is 27.8 Å². The minimum absolute atomic E-state index is 0.0995. The van der Waals surface area contributed by atoms with Crippen molar-refractivity contribution in [3.05, 3.63) is 74.8 Å². The molecule has 0 bridgehead atoms. The number of thioether (sulfide) groups is 1. The lowest BCUT2D eigenvalue weighted by molar-refractivity contribution is -0.130. The molecule has 5 heterocycles. The van der Waals surface area contributed by atoms with Crippen LogP contribution >= 0.6 is 34.4 Å². The predicted octanol–water partition coefficient (Wildman–Crippen LogP) is 4.58. The molecule has 5 rings (SSSR count). The molecule has 0 aromatic carbocycles. The maximum Gasteiger partial charge on any atom is 0.253 e. The van der Waals surface area contributed by atoms with Gasteiger partial charge < -0.3 is 4.42 Å². The molecule has 0 radical (unpaired) electrons. The van der Waals surface area contributed by atoms with Crippen LogP contribution in [0.5, 0.6) is 0 Å². The van der Waals surface area contributed by atoms with Crippen LogP contribution < -0.4 is 0 Å². The van der Waals surface area contributed by atoms with E-state index >= 15 is 0 Å². The molecule has 30 heavy (non-hydrogen) atoms. The molecular weight excluding hydrogens is 438 g/mol. The summed E-state index contributed by atoms with van der Waals surface area (Å²) in [7, 11) is 0. The average molecular weight is 456 g/mol. The third kappa shape index (κ3) is 4.11. The molecule has 1 aliphatic heterocycles. The van der Waals surface area contributed by atoms with Gasteiger partial charge in [0.25, 0.3) is 5.91 Å². The standard InChI is InChI=1S/C20H17N5O2S3/c26-19(12-30-20-21-18(22-23-20)10-13-4-2-8-28-13)25-15(16-5-1-7-27-16)11-14(24-25)17-6-3-9-29-17/h1-9,15H,10-12H2,(H,21,22,23). The molecule has 152 valence electrons. The summed E-state index contributed by atoms with van der Waals surface area (Å²) < 4.78 is 5.58. The molecule has 1 amide bonds. The van der Waals surface area contributed by atoms with E-state index in [0.717, 1.165) is 22.2 Å². The van der Waals surface area contributed by atoms with Crippen molar-refractivity contribution in [3.8, 4) is 0 Å². The van der Waals surface area contributed by atoms with E-state index in [1.807, 2.05) is 41.1 Å². The third-order valence-electron chi connectivity index (χ3n) is 4.60. The van der Waals surface area contributed by atoms with Gasteiger partial charge in [0.2, 0.25) is 5.16 Å². The molecule has 1 atom stereocenters. The summed E-state index contributed by atoms with van der Waals surface area (Å²) in [6.45, 7) is 0. The number of carbonyl (C=O) groups excluding carboxylic acids is 1. The summed E-state index contributed by atoms with van der Waals surface area (Å²) >= 11 is 4.61. The smallest absolute Gasteiger partial charge is 0.253 e. The minimum atomic E-state index is -0.230. The Kier molecular flexibility index (Phi) is 5.52. The topological polar surface area (TPSA) is 87.4 Å². The van der Waals surface area contributed by atoms with E-state index in [0.29, 0.717) is 18.0 Å². The number of rotatable bonds is 7. The number of thiophene rings is 2. The van der Waals surface area contributed by atoms with E-state index < -0.39 is 0 Å². The van der Waals surface area contributed by atoms with Crippen LogP contribution in [0.2, 0.25) is 0 Å². The molecule has 1 unspecified atom stereocenters. The number of aromatic amines is 1. The van der Waals surface area contributed by atoms with Crippen LogP contribution in [0.3, 0.4) is 0 Å². The largest absolute Gasteiger partial charge is 0.467 e. The lowest BCUT2D eigenvalue weighted by Gasteiger charge is -2.19. The fraction of sp³-hybridized carbons (Fsp3) is 0.200. The SMILES string of the molecule is O=C(CSc1n[nH]c(Cc2cccs2)n1)N1N=C(c2cccs2)CC1c1ccco1. The Bertz CT molecular complexity index is 1130. The summed E-state index contributed by atoms with van der Waals surface area (Å²) in [4.78, 5) is 19.8. The third-order valence-corrected chi connectivity index (χ3v) is 7.23. The molecule has 4 aromatic heterocycles. The maximum absolute atomic E-state index is 13.0. The second-order valence-electron chi connectivity index (χ2n) is 6.61. The number of H-pyrrole nitrogens is 1. The molecule has 0 saturated heterocycles. The van der Waals surface area contributed by atoms with Crippen molar-refractivity contribution >= 4 is 46.1 Å². The van der Waals surface area contributed by atoms with E-state index in [1.54, 1.807) is 33.9 Å². The lowest BCUT2D eigenvalue weighted by Crippen LogP contribution is -2.28. The Morgan fingerprint density at radius 3 is 2.90 bits per heavy atom. The summed E-state index contributed by atoms with van der Waals surface area (Å²) in [5, 5.41) is 18.0. The summed E-state index contributed by atoms with van der Waals surface area (Å²) in [5.41, 5.74) is 0.904. The van der Waals surface area contributed by atoms with E-state index in [-0.39, 0.29) is 17.7 Å². The van der Waals surface area contributed by atoms with Gasteiger partial charge in [-0.25, -0.2) is 9.99 Å². The van der Waals surface area contributed by atoms with Gasteiger partial charge in [-0.2, -0.15) is 5.10 Å². The van der Waals surface area contributed by atoms with Crippen LogP contribution in [0.1, 0.15) is 33.8 Å². The number of furan rings is 1. The quantitative estimate of drug-likeness (QED) is 0.412. The van der Waals surface area contributed by atoms with Gasteiger partial charge in [0.1, 0.15) is 17.6 Å². The zero-order valence-electron chi connectivity index (χ0n) is 15.7. The second-order valence-corrected chi connectivity index (χ2v) is 9.53. The van der Waals surface area contributed by atoms with Crippen LogP contribution in [-0.2, 0) is 11.2 Å².